The van der Waals surface area contributed by atoms with Gasteiger partial charge >= 0.3 is 5.97 Å². The predicted molar refractivity (Wildman–Crippen MR) is 105 cm³/mol. The summed E-state index contributed by atoms with van der Waals surface area (Å²) in [7, 11) is 0. The van der Waals surface area contributed by atoms with E-state index in [2.05, 4.69) is 5.10 Å². The third-order valence-electron chi connectivity index (χ3n) is 4.26. The van der Waals surface area contributed by atoms with Crippen LogP contribution in [0.3, 0.4) is 0 Å². The second kappa shape index (κ2) is 8.30. The first-order valence-corrected chi connectivity index (χ1v) is 8.65. The van der Waals surface area contributed by atoms with Gasteiger partial charge in [-0.3, -0.25) is 10.1 Å². The van der Waals surface area contributed by atoms with Crippen LogP contribution < -0.4 is 0 Å². The molecule has 0 amide bonds. The molecule has 2 aromatic carbocycles. The highest BCUT2D eigenvalue weighted by molar-refractivity contribution is 5.87. The van der Waals surface area contributed by atoms with Crippen molar-refractivity contribution in [3.8, 4) is 5.69 Å². The maximum atomic E-state index is 12.0. The average molecular weight is 377 g/mol. The molecule has 1 heterocycles. The maximum absolute atomic E-state index is 12.0. The molecule has 142 valence electrons. The van der Waals surface area contributed by atoms with E-state index >= 15 is 0 Å². The van der Waals surface area contributed by atoms with E-state index in [0.29, 0.717) is 5.56 Å². The number of carbonyl (C=O) groups is 1. The third-order valence-corrected chi connectivity index (χ3v) is 4.26. The molecule has 0 aliphatic carbocycles. The number of non-ortho nitro benzene ring substituents is 1. The molecule has 0 saturated carbocycles. The van der Waals surface area contributed by atoms with Crippen LogP contribution in [-0.4, -0.2) is 20.7 Å². The molecule has 0 aliphatic rings. The van der Waals surface area contributed by atoms with Crippen LogP contribution in [0, 0.1) is 24.0 Å². The second-order valence-electron chi connectivity index (χ2n) is 6.20. The van der Waals surface area contributed by atoms with Gasteiger partial charge in [-0.2, -0.15) is 5.10 Å². The molecule has 1 aromatic heterocycles. The molecule has 0 unspecified atom stereocenters. The van der Waals surface area contributed by atoms with Crippen LogP contribution in [-0.2, 0) is 16.1 Å². The minimum Gasteiger partial charge on any atom is -0.458 e. The molecular weight excluding hydrogens is 358 g/mol. The largest absolute Gasteiger partial charge is 0.458 e. The number of para-hydroxylation sites is 1. The normalized spacial score (nSPS) is 10.9. The van der Waals surface area contributed by atoms with Crippen molar-refractivity contribution < 1.29 is 14.5 Å². The highest BCUT2D eigenvalue weighted by Crippen LogP contribution is 2.19. The SMILES string of the molecule is Cc1nn(-c2ccccc2)c(C)c1C=CC(=O)OCc1ccc([N+](=O)[O-])cc1. The lowest BCUT2D eigenvalue weighted by molar-refractivity contribution is -0.384. The fourth-order valence-corrected chi connectivity index (χ4v) is 2.78. The molecule has 0 saturated heterocycles. The van der Waals surface area contributed by atoms with Gasteiger partial charge in [-0.1, -0.05) is 18.2 Å². The fraction of sp³-hybridized carbons (Fsp3) is 0.143. The molecule has 3 aromatic rings. The van der Waals surface area contributed by atoms with Crippen LogP contribution >= 0.6 is 0 Å². The summed E-state index contributed by atoms with van der Waals surface area (Å²) in [5.41, 5.74) is 4.21. The van der Waals surface area contributed by atoms with Crippen LogP contribution in [0.1, 0.15) is 22.5 Å². The van der Waals surface area contributed by atoms with E-state index in [0.717, 1.165) is 22.6 Å². The number of nitrogens with zero attached hydrogens (tertiary/aromatic N) is 3. The zero-order valence-corrected chi connectivity index (χ0v) is 15.5. The van der Waals surface area contributed by atoms with Crippen LogP contribution in [0.4, 0.5) is 5.69 Å². The summed E-state index contributed by atoms with van der Waals surface area (Å²) in [6.45, 7) is 3.87. The summed E-state index contributed by atoms with van der Waals surface area (Å²) in [4.78, 5) is 22.2. The molecule has 0 aliphatic heterocycles. The van der Waals surface area contributed by atoms with E-state index in [1.807, 2.05) is 48.9 Å². The lowest BCUT2D eigenvalue weighted by Gasteiger charge is -2.04. The molecule has 28 heavy (non-hydrogen) atoms. The zero-order chi connectivity index (χ0) is 20.1. The van der Waals surface area contributed by atoms with Crippen molar-refractivity contribution in [2.45, 2.75) is 20.5 Å². The first-order valence-electron chi connectivity index (χ1n) is 8.65. The number of nitro benzene ring substituents is 1. The second-order valence-corrected chi connectivity index (χ2v) is 6.20. The van der Waals surface area contributed by atoms with Gasteiger partial charge in [0.1, 0.15) is 6.61 Å². The minimum absolute atomic E-state index is 0.00338. The molecule has 0 N–H and O–H groups in total. The zero-order valence-electron chi connectivity index (χ0n) is 15.5. The van der Waals surface area contributed by atoms with Gasteiger partial charge in [0, 0.05) is 29.5 Å². The summed E-state index contributed by atoms with van der Waals surface area (Å²) < 4.78 is 7.03. The summed E-state index contributed by atoms with van der Waals surface area (Å²) in [5.74, 6) is -0.496. The van der Waals surface area contributed by atoms with E-state index < -0.39 is 10.9 Å². The lowest BCUT2D eigenvalue weighted by atomic mass is 10.2. The van der Waals surface area contributed by atoms with Crippen molar-refractivity contribution in [3.05, 3.63) is 93.3 Å². The van der Waals surface area contributed by atoms with Crippen LogP contribution in [0.25, 0.3) is 11.8 Å². The summed E-state index contributed by atoms with van der Waals surface area (Å²) in [6, 6.07) is 15.6. The van der Waals surface area contributed by atoms with E-state index in [1.165, 1.54) is 18.2 Å². The Balaban J connectivity index is 1.66. The van der Waals surface area contributed by atoms with Gasteiger partial charge in [0.25, 0.3) is 5.69 Å². The van der Waals surface area contributed by atoms with Crippen molar-refractivity contribution in [2.24, 2.45) is 0 Å². The highest BCUT2D eigenvalue weighted by Gasteiger charge is 2.11. The molecule has 0 bridgehead atoms. The Bertz CT molecular complexity index is 1020. The third kappa shape index (κ3) is 4.32. The van der Waals surface area contributed by atoms with Crippen molar-refractivity contribution >= 4 is 17.7 Å². The number of esters is 1. The van der Waals surface area contributed by atoms with Crippen LogP contribution in [0.2, 0.25) is 0 Å². The van der Waals surface area contributed by atoms with Crippen molar-refractivity contribution in [1.29, 1.82) is 0 Å². The number of hydrogen-bond donors (Lipinski definition) is 0. The molecule has 0 radical (unpaired) electrons. The number of aryl methyl sites for hydroxylation is 1. The number of ether oxygens (including phenoxy) is 1. The van der Waals surface area contributed by atoms with Gasteiger partial charge in [0.2, 0.25) is 0 Å². The monoisotopic (exact) mass is 377 g/mol. The minimum atomic E-state index is -0.496. The standard InChI is InChI=1S/C21H19N3O4/c1-15-20(16(2)23(22-15)18-6-4-3-5-7-18)12-13-21(25)28-14-17-8-10-19(11-9-17)24(26)27/h3-13H,14H2,1-2H3. The molecule has 0 spiro atoms. The van der Waals surface area contributed by atoms with Crippen molar-refractivity contribution in [3.63, 3.8) is 0 Å². The number of aromatic nitrogens is 2. The number of nitro groups is 1. The summed E-state index contributed by atoms with van der Waals surface area (Å²) in [5, 5.41) is 15.2. The Labute approximate surface area is 162 Å². The van der Waals surface area contributed by atoms with Crippen molar-refractivity contribution in [2.75, 3.05) is 0 Å². The predicted octanol–water partition coefficient (Wildman–Crippen LogP) is 4.15. The number of benzene rings is 2. The van der Waals surface area contributed by atoms with Gasteiger partial charge in [-0.15, -0.1) is 0 Å². The molecule has 3 rings (SSSR count). The van der Waals surface area contributed by atoms with E-state index in [9.17, 15) is 14.9 Å². The average Bonchev–Trinajstić information content (AvgIpc) is 2.99. The smallest absolute Gasteiger partial charge is 0.331 e. The van der Waals surface area contributed by atoms with Gasteiger partial charge in [0.15, 0.2) is 0 Å². The van der Waals surface area contributed by atoms with Gasteiger partial charge in [0.05, 0.1) is 16.3 Å². The molecule has 7 nitrogen and oxygen atoms in total. The molecule has 0 atom stereocenters. The number of carbonyl (C=O) groups excluding carboxylic acids is 1. The van der Waals surface area contributed by atoms with E-state index in [4.69, 9.17) is 4.74 Å². The summed E-state index contributed by atoms with van der Waals surface area (Å²) in [6.07, 6.45) is 3.05. The van der Waals surface area contributed by atoms with Crippen molar-refractivity contribution in [1.82, 2.24) is 9.78 Å². The van der Waals surface area contributed by atoms with Gasteiger partial charge in [-0.05, 0) is 49.8 Å². The van der Waals surface area contributed by atoms with Gasteiger partial charge in [-0.25, -0.2) is 9.48 Å². The topological polar surface area (TPSA) is 87.3 Å². The lowest BCUT2D eigenvalue weighted by Crippen LogP contribution is -2.01. The first kappa shape index (κ1) is 19.0. The Morgan fingerprint density at radius 3 is 2.46 bits per heavy atom. The van der Waals surface area contributed by atoms with E-state index in [1.54, 1.807) is 18.2 Å². The Morgan fingerprint density at radius 2 is 1.82 bits per heavy atom. The molecule has 0 fully saturated rings. The maximum Gasteiger partial charge on any atom is 0.331 e. The Hall–Kier alpha value is -3.74. The van der Waals surface area contributed by atoms with Crippen LogP contribution in [0.5, 0.6) is 0 Å². The fourth-order valence-electron chi connectivity index (χ4n) is 2.78. The molecule has 7 heteroatoms. The summed E-state index contributed by atoms with van der Waals surface area (Å²) >= 11 is 0. The number of hydrogen-bond acceptors (Lipinski definition) is 5. The van der Waals surface area contributed by atoms with E-state index in [-0.39, 0.29) is 12.3 Å². The first-order chi connectivity index (χ1) is 13.5. The molecular formula is C21H19N3O4. The van der Waals surface area contributed by atoms with Gasteiger partial charge < -0.3 is 4.74 Å². The Kier molecular flexibility index (Phi) is 5.64. The highest BCUT2D eigenvalue weighted by atomic mass is 16.6. The Morgan fingerprint density at radius 1 is 1.14 bits per heavy atom. The quantitative estimate of drug-likeness (QED) is 0.279. The number of rotatable bonds is 6. The van der Waals surface area contributed by atoms with Crippen LogP contribution in [0.15, 0.2) is 60.7 Å².